The van der Waals surface area contributed by atoms with Gasteiger partial charge in [0, 0.05) is 25.1 Å². The standard InChI is InChI=1S/C13H23N5O/c1-13(2,3)12-15-10(17-14)7-11(16-12)18(4)9-5-6-19-8-9/h7,9H,5-6,8,14H2,1-4H3,(H,15,16,17). The molecule has 0 aliphatic carbocycles. The predicted octanol–water partition coefficient (Wildman–Crippen LogP) is 1.28. The van der Waals surface area contributed by atoms with Crippen LogP contribution in [0.25, 0.3) is 0 Å². The van der Waals surface area contributed by atoms with Crippen LogP contribution in [-0.4, -0.2) is 36.3 Å². The Labute approximate surface area is 114 Å². The molecule has 1 fully saturated rings. The highest BCUT2D eigenvalue weighted by Gasteiger charge is 2.24. The van der Waals surface area contributed by atoms with Gasteiger partial charge >= 0.3 is 0 Å². The van der Waals surface area contributed by atoms with E-state index >= 15 is 0 Å². The van der Waals surface area contributed by atoms with Crippen LogP contribution < -0.4 is 16.2 Å². The molecule has 2 heterocycles. The molecule has 0 aromatic carbocycles. The van der Waals surface area contributed by atoms with Crippen LogP contribution in [0.4, 0.5) is 11.6 Å². The Morgan fingerprint density at radius 2 is 2.16 bits per heavy atom. The number of ether oxygens (including phenoxy) is 1. The van der Waals surface area contributed by atoms with Crippen molar-refractivity contribution in [3.05, 3.63) is 11.9 Å². The van der Waals surface area contributed by atoms with Crippen LogP contribution >= 0.6 is 0 Å². The fourth-order valence-electron chi connectivity index (χ4n) is 2.04. The number of nitrogen functional groups attached to an aromatic ring is 1. The van der Waals surface area contributed by atoms with E-state index in [4.69, 9.17) is 10.6 Å². The molecule has 1 unspecified atom stereocenters. The maximum atomic E-state index is 5.50. The predicted molar refractivity (Wildman–Crippen MR) is 76.2 cm³/mol. The van der Waals surface area contributed by atoms with Crippen molar-refractivity contribution in [3.63, 3.8) is 0 Å². The van der Waals surface area contributed by atoms with E-state index in [1.807, 2.05) is 13.1 Å². The molecule has 1 aromatic heterocycles. The summed E-state index contributed by atoms with van der Waals surface area (Å²) < 4.78 is 5.43. The molecule has 19 heavy (non-hydrogen) atoms. The third kappa shape index (κ3) is 3.13. The lowest BCUT2D eigenvalue weighted by atomic mass is 9.96. The van der Waals surface area contributed by atoms with Gasteiger partial charge in [-0.25, -0.2) is 15.8 Å². The molecule has 0 amide bonds. The van der Waals surface area contributed by atoms with Crippen LogP contribution in [-0.2, 0) is 10.2 Å². The van der Waals surface area contributed by atoms with E-state index in [2.05, 4.69) is 41.1 Å². The fraction of sp³-hybridized carbons (Fsp3) is 0.692. The lowest BCUT2D eigenvalue weighted by molar-refractivity contribution is 0.193. The van der Waals surface area contributed by atoms with Gasteiger partial charge in [-0.1, -0.05) is 20.8 Å². The Morgan fingerprint density at radius 3 is 2.68 bits per heavy atom. The molecule has 0 saturated carbocycles. The van der Waals surface area contributed by atoms with Crippen molar-refractivity contribution in [2.75, 3.05) is 30.6 Å². The molecule has 3 N–H and O–H groups in total. The molecular weight excluding hydrogens is 242 g/mol. The van der Waals surface area contributed by atoms with E-state index in [0.29, 0.717) is 11.9 Å². The third-order valence-electron chi connectivity index (χ3n) is 3.35. The molecule has 2 rings (SSSR count). The summed E-state index contributed by atoms with van der Waals surface area (Å²) in [5, 5.41) is 0. The maximum Gasteiger partial charge on any atom is 0.145 e. The first-order valence-electron chi connectivity index (χ1n) is 6.58. The Morgan fingerprint density at radius 1 is 1.42 bits per heavy atom. The summed E-state index contributed by atoms with van der Waals surface area (Å²) in [6.45, 7) is 7.83. The number of hydrogen-bond acceptors (Lipinski definition) is 6. The maximum absolute atomic E-state index is 5.50. The zero-order chi connectivity index (χ0) is 14.0. The summed E-state index contributed by atoms with van der Waals surface area (Å²) in [5.74, 6) is 7.80. The van der Waals surface area contributed by atoms with Crippen molar-refractivity contribution in [2.45, 2.75) is 38.6 Å². The van der Waals surface area contributed by atoms with E-state index in [1.165, 1.54) is 0 Å². The summed E-state index contributed by atoms with van der Waals surface area (Å²) in [6, 6.07) is 2.24. The first-order valence-corrected chi connectivity index (χ1v) is 6.58. The topological polar surface area (TPSA) is 76.3 Å². The van der Waals surface area contributed by atoms with Crippen molar-refractivity contribution in [3.8, 4) is 0 Å². The number of anilines is 2. The molecule has 1 atom stereocenters. The molecule has 1 aliphatic rings. The normalized spacial score (nSPS) is 19.5. The number of nitrogens with two attached hydrogens (primary N) is 1. The Kier molecular flexibility index (Phi) is 3.91. The van der Waals surface area contributed by atoms with Gasteiger partial charge in [-0.2, -0.15) is 0 Å². The Hall–Kier alpha value is -1.40. The number of hydrazine groups is 1. The van der Waals surface area contributed by atoms with Gasteiger partial charge in [0.1, 0.15) is 17.5 Å². The summed E-state index contributed by atoms with van der Waals surface area (Å²) in [5.41, 5.74) is 2.50. The Balaban J connectivity index is 2.33. The molecule has 6 nitrogen and oxygen atoms in total. The van der Waals surface area contributed by atoms with E-state index in [9.17, 15) is 0 Å². The minimum absolute atomic E-state index is 0.116. The highest BCUT2D eigenvalue weighted by molar-refractivity contribution is 5.49. The van der Waals surface area contributed by atoms with Crippen molar-refractivity contribution in [1.82, 2.24) is 9.97 Å². The smallest absolute Gasteiger partial charge is 0.145 e. The third-order valence-corrected chi connectivity index (χ3v) is 3.35. The molecule has 1 aromatic rings. The van der Waals surface area contributed by atoms with Crippen molar-refractivity contribution >= 4 is 11.6 Å². The number of likely N-dealkylation sites (N-methyl/N-ethyl adjacent to an activating group) is 1. The van der Waals surface area contributed by atoms with Gasteiger partial charge < -0.3 is 15.1 Å². The van der Waals surface area contributed by atoms with Gasteiger partial charge in [-0.05, 0) is 6.42 Å². The second-order valence-corrected chi connectivity index (χ2v) is 5.96. The molecular formula is C13H23N5O. The molecule has 0 radical (unpaired) electrons. The molecule has 1 aliphatic heterocycles. The molecule has 106 valence electrons. The minimum Gasteiger partial charge on any atom is -0.379 e. The molecule has 1 saturated heterocycles. The molecule has 0 spiro atoms. The first kappa shape index (κ1) is 14.0. The summed E-state index contributed by atoms with van der Waals surface area (Å²) in [6.07, 6.45) is 1.02. The second-order valence-electron chi connectivity index (χ2n) is 5.96. The number of aromatic nitrogens is 2. The van der Waals surface area contributed by atoms with Gasteiger partial charge in [-0.3, -0.25) is 0 Å². The van der Waals surface area contributed by atoms with Crippen LogP contribution in [0.2, 0.25) is 0 Å². The van der Waals surface area contributed by atoms with Crippen molar-refractivity contribution in [2.24, 2.45) is 5.84 Å². The lowest BCUT2D eigenvalue weighted by Crippen LogP contribution is -2.33. The largest absolute Gasteiger partial charge is 0.379 e. The summed E-state index contributed by atoms with van der Waals surface area (Å²) >= 11 is 0. The van der Waals surface area contributed by atoms with E-state index in [0.717, 1.165) is 31.3 Å². The van der Waals surface area contributed by atoms with Crippen LogP contribution in [0.1, 0.15) is 33.0 Å². The number of rotatable bonds is 3. The zero-order valence-electron chi connectivity index (χ0n) is 12.1. The monoisotopic (exact) mass is 265 g/mol. The van der Waals surface area contributed by atoms with Gasteiger partial charge in [0.25, 0.3) is 0 Å². The highest BCUT2D eigenvalue weighted by atomic mass is 16.5. The lowest BCUT2D eigenvalue weighted by Gasteiger charge is -2.26. The minimum atomic E-state index is -0.116. The Bertz CT molecular complexity index is 437. The van der Waals surface area contributed by atoms with Crippen molar-refractivity contribution in [1.29, 1.82) is 0 Å². The quantitative estimate of drug-likeness (QED) is 0.633. The van der Waals surface area contributed by atoms with Crippen LogP contribution in [0, 0.1) is 0 Å². The van der Waals surface area contributed by atoms with Gasteiger partial charge in [0.05, 0.1) is 12.6 Å². The van der Waals surface area contributed by atoms with Gasteiger partial charge in [-0.15, -0.1) is 0 Å². The number of nitrogens with zero attached hydrogens (tertiary/aromatic N) is 3. The average molecular weight is 265 g/mol. The zero-order valence-corrected chi connectivity index (χ0v) is 12.1. The molecule has 6 heteroatoms. The SMILES string of the molecule is CN(c1cc(NN)nc(C(C)(C)C)n1)C1CCOC1. The van der Waals surface area contributed by atoms with Crippen LogP contribution in [0.5, 0.6) is 0 Å². The summed E-state index contributed by atoms with van der Waals surface area (Å²) in [4.78, 5) is 11.2. The van der Waals surface area contributed by atoms with Crippen molar-refractivity contribution < 1.29 is 4.74 Å². The van der Waals surface area contributed by atoms with Crippen LogP contribution in [0.3, 0.4) is 0 Å². The van der Waals surface area contributed by atoms with Crippen LogP contribution in [0.15, 0.2) is 6.07 Å². The summed E-state index contributed by atoms with van der Waals surface area (Å²) in [7, 11) is 2.04. The van der Waals surface area contributed by atoms with Gasteiger partial charge in [0.2, 0.25) is 0 Å². The first-order chi connectivity index (χ1) is 8.91. The number of nitrogens with one attached hydrogen (secondary N) is 1. The fourth-order valence-corrected chi connectivity index (χ4v) is 2.04. The van der Waals surface area contributed by atoms with Gasteiger partial charge in [0.15, 0.2) is 0 Å². The number of hydrogen-bond donors (Lipinski definition) is 2. The van der Waals surface area contributed by atoms with E-state index in [1.54, 1.807) is 0 Å². The van der Waals surface area contributed by atoms with E-state index in [-0.39, 0.29) is 5.41 Å². The molecule has 0 bridgehead atoms. The second kappa shape index (κ2) is 5.30. The highest BCUT2D eigenvalue weighted by Crippen LogP contribution is 2.25. The van der Waals surface area contributed by atoms with E-state index < -0.39 is 0 Å². The average Bonchev–Trinajstić information content (AvgIpc) is 2.90.